The first-order chi connectivity index (χ1) is 3.41. The highest BCUT2D eigenvalue weighted by Gasteiger charge is 1.75. The Balaban J connectivity index is 2.45. The van der Waals surface area contributed by atoms with Crippen molar-refractivity contribution in [1.82, 2.24) is 10.6 Å². The molecule has 0 aliphatic heterocycles. The molecule has 0 aromatic carbocycles. The molecule has 3 N–H and O–H groups in total. The van der Waals surface area contributed by atoms with Gasteiger partial charge in [0.05, 0.1) is 6.61 Å². The molecule has 44 valence electrons. The third kappa shape index (κ3) is 5.88. The van der Waals surface area contributed by atoms with E-state index in [1.165, 1.54) is 0 Å². The average Bonchev–Trinajstić information content (AvgIpc) is 1.69. The van der Waals surface area contributed by atoms with Crippen molar-refractivity contribution >= 4 is 0 Å². The molecule has 0 saturated heterocycles. The molecular formula is C4H12N2O. The molecule has 3 heteroatoms. The van der Waals surface area contributed by atoms with Crippen LogP contribution in [0.25, 0.3) is 0 Å². The summed E-state index contributed by atoms with van der Waals surface area (Å²) in [4.78, 5) is 0. The molecule has 0 amide bonds. The molecule has 7 heavy (non-hydrogen) atoms. The van der Waals surface area contributed by atoms with Gasteiger partial charge in [-0.3, -0.25) is 0 Å². The highest BCUT2D eigenvalue weighted by Crippen LogP contribution is 1.49. The molecule has 0 aromatic heterocycles. The average molecular weight is 104 g/mol. The van der Waals surface area contributed by atoms with E-state index < -0.39 is 0 Å². The van der Waals surface area contributed by atoms with Gasteiger partial charge in [0, 0.05) is 13.2 Å². The molecule has 0 aromatic rings. The van der Waals surface area contributed by atoms with Crippen LogP contribution in [0.2, 0.25) is 0 Å². The lowest BCUT2D eigenvalue weighted by molar-refractivity contribution is 0.291. The van der Waals surface area contributed by atoms with Gasteiger partial charge in [-0.25, -0.2) is 0 Å². The Morgan fingerprint density at radius 2 is 2.29 bits per heavy atom. The van der Waals surface area contributed by atoms with Gasteiger partial charge in [0.1, 0.15) is 0 Å². The summed E-state index contributed by atoms with van der Waals surface area (Å²) < 4.78 is 0. The lowest BCUT2D eigenvalue weighted by atomic mass is 10.7. The number of aliphatic hydroxyl groups is 1. The Kier molecular flexibility index (Phi) is 5.78. The van der Waals surface area contributed by atoms with E-state index in [9.17, 15) is 0 Å². The molecule has 0 aliphatic carbocycles. The quantitative estimate of drug-likeness (QED) is 0.308. The first kappa shape index (κ1) is 6.88. The van der Waals surface area contributed by atoms with E-state index in [-0.39, 0.29) is 6.61 Å². The molecule has 0 rings (SSSR count). The SMILES string of the molecule is CNCNCCO. The second kappa shape index (κ2) is 5.88. The van der Waals surface area contributed by atoms with E-state index >= 15 is 0 Å². The van der Waals surface area contributed by atoms with E-state index in [0.717, 1.165) is 6.67 Å². The van der Waals surface area contributed by atoms with Crippen LogP contribution in [0.1, 0.15) is 0 Å². The number of hydrogen-bond donors (Lipinski definition) is 3. The third-order valence-corrected chi connectivity index (χ3v) is 0.590. The summed E-state index contributed by atoms with van der Waals surface area (Å²) in [5.41, 5.74) is 0. The van der Waals surface area contributed by atoms with Crippen LogP contribution in [-0.2, 0) is 0 Å². The molecule has 0 fully saturated rings. The minimum atomic E-state index is 0.210. The van der Waals surface area contributed by atoms with Gasteiger partial charge in [0.2, 0.25) is 0 Å². The van der Waals surface area contributed by atoms with Gasteiger partial charge in [-0.15, -0.1) is 0 Å². The van der Waals surface area contributed by atoms with Crippen molar-refractivity contribution in [3.8, 4) is 0 Å². The van der Waals surface area contributed by atoms with Crippen LogP contribution >= 0.6 is 0 Å². The summed E-state index contributed by atoms with van der Waals surface area (Å²) in [5, 5.41) is 14.0. The summed E-state index contributed by atoms with van der Waals surface area (Å²) >= 11 is 0. The van der Waals surface area contributed by atoms with Crippen molar-refractivity contribution in [3.63, 3.8) is 0 Å². The smallest absolute Gasteiger partial charge is 0.0556 e. The number of rotatable bonds is 4. The maximum atomic E-state index is 8.20. The van der Waals surface area contributed by atoms with Crippen molar-refractivity contribution in [3.05, 3.63) is 0 Å². The van der Waals surface area contributed by atoms with E-state index in [1.54, 1.807) is 0 Å². The normalized spacial score (nSPS) is 9.43. The van der Waals surface area contributed by atoms with E-state index in [4.69, 9.17) is 5.11 Å². The molecule has 3 nitrogen and oxygen atoms in total. The Morgan fingerprint density at radius 3 is 2.71 bits per heavy atom. The van der Waals surface area contributed by atoms with Gasteiger partial charge < -0.3 is 15.7 Å². The first-order valence-corrected chi connectivity index (χ1v) is 2.38. The van der Waals surface area contributed by atoms with Crippen LogP contribution < -0.4 is 10.6 Å². The van der Waals surface area contributed by atoms with Gasteiger partial charge in [-0.1, -0.05) is 0 Å². The van der Waals surface area contributed by atoms with E-state index in [1.807, 2.05) is 7.05 Å². The van der Waals surface area contributed by atoms with E-state index in [2.05, 4.69) is 10.6 Å². The fraction of sp³-hybridized carbons (Fsp3) is 1.00. The summed E-state index contributed by atoms with van der Waals surface area (Å²) in [6.45, 7) is 1.64. The Morgan fingerprint density at radius 1 is 1.57 bits per heavy atom. The molecule has 0 heterocycles. The van der Waals surface area contributed by atoms with Crippen LogP contribution in [0.15, 0.2) is 0 Å². The Labute approximate surface area is 43.7 Å². The lowest BCUT2D eigenvalue weighted by Crippen LogP contribution is -2.28. The summed E-state index contributed by atoms with van der Waals surface area (Å²) in [5.74, 6) is 0. The molecule has 0 aliphatic rings. The zero-order valence-electron chi connectivity index (χ0n) is 4.57. The van der Waals surface area contributed by atoms with Gasteiger partial charge in [0.25, 0.3) is 0 Å². The van der Waals surface area contributed by atoms with Crippen LogP contribution in [0.5, 0.6) is 0 Å². The van der Waals surface area contributed by atoms with Crippen molar-refractivity contribution < 1.29 is 5.11 Å². The number of nitrogens with one attached hydrogen (secondary N) is 2. The van der Waals surface area contributed by atoms with Gasteiger partial charge >= 0.3 is 0 Å². The maximum absolute atomic E-state index is 8.20. The van der Waals surface area contributed by atoms with Crippen LogP contribution in [0, 0.1) is 0 Å². The van der Waals surface area contributed by atoms with Gasteiger partial charge in [-0.05, 0) is 7.05 Å². The van der Waals surface area contributed by atoms with Crippen LogP contribution in [-0.4, -0.2) is 32.0 Å². The highest BCUT2D eigenvalue weighted by molar-refractivity contribution is 4.37. The molecule has 0 spiro atoms. The van der Waals surface area contributed by atoms with Crippen LogP contribution in [0.4, 0.5) is 0 Å². The molecular weight excluding hydrogens is 92.1 g/mol. The summed E-state index contributed by atoms with van der Waals surface area (Å²) in [6, 6.07) is 0. The topological polar surface area (TPSA) is 44.3 Å². The third-order valence-electron chi connectivity index (χ3n) is 0.590. The maximum Gasteiger partial charge on any atom is 0.0556 e. The molecule has 0 atom stereocenters. The fourth-order valence-electron chi connectivity index (χ4n) is 0.292. The Hall–Kier alpha value is -0.120. The number of hydrogen-bond acceptors (Lipinski definition) is 3. The monoisotopic (exact) mass is 104 g/mol. The predicted molar refractivity (Wildman–Crippen MR) is 29.0 cm³/mol. The van der Waals surface area contributed by atoms with Gasteiger partial charge in [-0.2, -0.15) is 0 Å². The number of aliphatic hydroxyl groups excluding tert-OH is 1. The standard InChI is InChI=1S/C4H12N2O/c1-5-4-6-2-3-7/h5-7H,2-4H2,1H3. The second-order valence-electron chi connectivity index (χ2n) is 1.25. The zero-order chi connectivity index (χ0) is 5.54. The highest BCUT2D eigenvalue weighted by atomic mass is 16.3. The molecule has 0 bridgehead atoms. The minimum Gasteiger partial charge on any atom is -0.395 e. The summed E-state index contributed by atoms with van der Waals surface area (Å²) in [6.07, 6.45) is 0. The van der Waals surface area contributed by atoms with Crippen LogP contribution in [0.3, 0.4) is 0 Å². The minimum absolute atomic E-state index is 0.210. The predicted octanol–water partition coefficient (Wildman–Crippen LogP) is -1.25. The van der Waals surface area contributed by atoms with Crippen molar-refractivity contribution in [2.24, 2.45) is 0 Å². The van der Waals surface area contributed by atoms with Crippen molar-refractivity contribution in [2.75, 3.05) is 26.9 Å². The largest absolute Gasteiger partial charge is 0.395 e. The fourth-order valence-corrected chi connectivity index (χ4v) is 0.292. The molecule has 0 radical (unpaired) electrons. The lowest BCUT2D eigenvalue weighted by Gasteiger charge is -1.97. The first-order valence-electron chi connectivity index (χ1n) is 2.38. The van der Waals surface area contributed by atoms with Gasteiger partial charge in [0.15, 0.2) is 0 Å². The Bertz CT molecular complexity index is 28.9. The second-order valence-corrected chi connectivity index (χ2v) is 1.25. The van der Waals surface area contributed by atoms with Crippen molar-refractivity contribution in [2.45, 2.75) is 0 Å². The molecule has 0 saturated carbocycles. The van der Waals surface area contributed by atoms with Crippen molar-refractivity contribution in [1.29, 1.82) is 0 Å². The van der Waals surface area contributed by atoms with E-state index in [0.29, 0.717) is 6.54 Å². The zero-order valence-corrected chi connectivity index (χ0v) is 4.57. The summed E-state index contributed by atoms with van der Waals surface area (Å²) in [7, 11) is 1.85. The molecule has 0 unspecified atom stereocenters.